The summed E-state index contributed by atoms with van der Waals surface area (Å²) in [6.45, 7) is 0. The third-order valence-corrected chi connectivity index (χ3v) is 4.11. The van der Waals surface area contributed by atoms with Crippen LogP contribution < -0.4 is 21.5 Å². The summed E-state index contributed by atoms with van der Waals surface area (Å²) in [5.74, 6) is 0. The number of fused-ring (bicyclic) bond motifs is 1. The van der Waals surface area contributed by atoms with Gasteiger partial charge in [-0.25, -0.2) is 0 Å². The van der Waals surface area contributed by atoms with Gasteiger partial charge in [0.05, 0.1) is 5.10 Å². The van der Waals surface area contributed by atoms with Gasteiger partial charge in [-0.3, -0.25) is 0 Å². The molecule has 0 saturated carbocycles. The summed E-state index contributed by atoms with van der Waals surface area (Å²) in [7, 11) is 0. The Balaban J connectivity index is 0.00000156. The third kappa shape index (κ3) is 2.94. The summed E-state index contributed by atoms with van der Waals surface area (Å²) >= 11 is 3.47. The van der Waals surface area contributed by atoms with Gasteiger partial charge in [0, 0.05) is 10.0 Å². The largest absolute Gasteiger partial charge is 1.00 e. The molecule has 0 unspecified atom stereocenters. The van der Waals surface area contributed by atoms with E-state index in [4.69, 9.17) is 5.10 Å². The molecule has 23 heavy (non-hydrogen) atoms. The topological polar surface area (TPSA) is 21.9 Å². The first-order valence-corrected chi connectivity index (χ1v) is 7.83. The predicted octanol–water partition coefficient (Wildman–Crippen LogP) is 1.04. The van der Waals surface area contributed by atoms with Crippen LogP contribution in [0.1, 0.15) is 0 Å². The predicted molar refractivity (Wildman–Crippen MR) is 89.9 cm³/mol. The van der Waals surface area contributed by atoms with Crippen molar-refractivity contribution in [1.82, 2.24) is 9.90 Å². The van der Waals surface area contributed by atoms with Crippen LogP contribution in [0, 0.1) is 0 Å². The van der Waals surface area contributed by atoms with E-state index in [2.05, 4.69) is 38.6 Å². The smallest absolute Gasteiger partial charge is 0.257 e. The van der Waals surface area contributed by atoms with Gasteiger partial charge in [0.1, 0.15) is 11.9 Å². The molecule has 2 aromatic carbocycles. The second kappa shape index (κ2) is 6.64. The maximum Gasteiger partial charge on any atom is 0.257 e. The Morgan fingerprint density at radius 2 is 1.52 bits per heavy atom. The first kappa shape index (κ1) is 15.9. The van der Waals surface area contributed by atoms with Crippen molar-refractivity contribution in [2.75, 3.05) is 0 Å². The Labute approximate surface area is 153 Å². The Hall–Kier alpha value is -1.98. The highest BCUT2D eigenvalue weighted by molar-refractivity contribution is 9.10. The second-order valence-electron chi connectivity index (χ2n) is 5.01. The quantitative estimate of drug-likeness (QED) is 0.435. The van der Waals surface area contributed by atoms with E-state index in [9.17, 15) is 0 Å². The standard InChI is InChI=1S/C18H13BrN3.BrH/c19-15-9-11-16(12-10-15)22-20-18(14-6-2-1-3-7-14)17-8-4-5-13-21(17)22;/h1-13H;1H/q+1;/p-1. The molecule has 2 aromatic heterocycles. The van der Waals surface area contributed by atoms with Crippen LogP contribution in [0.5, 0.6) is 0 Å². The van der Waals surface area contributed by atoms with E-state index in [0.29, 0.717) is 0 Å². The lowest BCUT2D eigenvalue weighted by Gasteiger charge is -1.96. The van der Waals surface area contributed by atoms with E-state index in [1.165, 1.54) is 0 Å². The van der Waals surface area contributed by atoms with Crippen molar-refractivity contribution in [3.8, 4) is 16.9 Å². The molecule has 0 saturated heterocycles. The van der Waals surface area contributed by atoms with Crippen molar-refractivity contribution < 1.29 is 21.5 Å². The molecule has 0 aliphatic carbocycles. The molecule has 0 amide bonds. The van der Waals surface area contributed by atoms with Crippen molar-refractivity contribution in [3.63, 3.8) is 0 Å². The highest BCUT2D eigenvalue weighted by Crippen LogP contribution is 2.21. The summed E-state index contributed by atoms with van der Waals surface area (Å²) in [6.07, 6.45) is 2.02. The molecule has 0 N–H and O–H groups in total. The van der Waals surface area contributed by atoms with Gasteiger partial charge in [0.2, 0.25) is 5.52 Å². The lowest BCUT2D eigenvalue weighted by molar-refractivity contribution is -0.603. The molecule has 114 valence electrons. The fraction of sp³-hybridized carbons (Fsp3) is 0. The number of halogens is 2. The second-order valence-corrected chi connectivity index (χ2v) is 5.93. The molecule has 0 atom stereocenters. The molecular weight excluding hydrogens is 418 g/mol. The van der Waals surface area contributed by atoms with Crippen LogP contribution in [0.25, 0.3) is 22.5 Å². The fourth-order valence-electron chi connectivity index (χ4n) is 2.54. The van der Waals surface area contributed by atoms with Gasteiger partial charge >= 0.3 is 0 Å². The van der Waals surface area contributed by atoms with Crippen LogP contribution in [0.2, 0.25) is 0 Å². The van der Waals surface area contributed by atoms with E-state index >= 15 is 0 Å². The Kier molecular flexibility index (Phi) is 4.59. The highest BCUT2D eigenvalue weighted by atomic mass is 79.9. The van der Waals surface area contributed by atoms with E-state index in [0.717, 1.165) is 26.9 Å². The highest BCUT2D eigenvalue weighted by Gasteiger charge is 2.21. The molecule has 4 rings (SSSR count). The van der Waals surface area contributed by atoms with Crippen LogP contribution in [0.4, 0.5) is 0 Å². The molecule has 4 aromatic rings. The summed E-state index contributed by atoms with van der Waals surface area (Å²) < 4.78 is 3.12. The Bertz CT molecular complexity index is 932. The summed E-state index contributed by atoms with van der Waals surface area (Å²) in [6, 6.07) is 24.5. The minimum Gasteiger partial charge on any atom is -1.00 e. The number of hydrogen-bond donors (Lipinski definition) is 0. The molecule has 0 bridgehead atoms. The van der Waals surface area contributed by atoms with Gasteiger partial charge in [-0.05, 0) is 41.2 Å². The molecule has 5 heteroatoms. The van der Waals surface area contributed by atoms with Crippen LogP contribution >= 0.6 is 15.9 Å². The van der Waals surface area contributed by atoms with Crippen molar-refractivity contribution in [2.24, 2.45) is 0 Å². The first-order valence-electron chi connectivity index (χ1n) is 7.04. The third-order valence-electron chi connectivity index (χ3n) is 3.59. The zero-order valence-corrected chi connectivity index (χ0v) is 15.3. The van der Waals surface area contributed by atoms with Crippen molar-refractivity contribution in [3.05, 3.63) is 83.5 Å². The van der Waals surface area contributed by atoms with Crippen LogP contribution in [-0.2, 0) is 0 Å². The zero-order chi connectivity index (χ0) is 14.9. The maximum absolute atomic E-state index is 4.82. The molecule has 0 spiro atoms. The van der Waals surface area contributed by atoms with E-state index in [-0.39, 0.29) is 17.0 Å². The summed E-state index contributed by atoms with van der Waals surface area (Å²) in [5.41, 5.74) is 4.19. The van der Waals surface area contributed by atoms with Gasteiger partial charge < -0.3 is 17.0 Å². The summed E-state index contributed by atoms with van der Waals surface area (Å²) in [5, 5.41) is 4.82. The number of hydrogen-bond acceptors (Lipinski definition) is 1. The molecule has 0 radical (unpaired) electrons. The normalized spacial score (nSPS) is 10.5. The molecule has 2 heterocycles. The fourth-order valence-corrected chi connectivity index (χ4v) is 2.80. The minimum atomic E-state index is 0. The Morgan fingerprint density at radius 3 is 2.26 bits per heavy atom. The number of benzene rings is 2. The van der Waals surface area contributed by atoms with Crippen LogP contribution in [0.3, 0.4) is 0 Å². The van der Waals surface area contributed by atoms with Crippen molar-refractivity contribution in [2.45, 2.75) is 0 Å². The number of nitrogens with zero attached hydrogens (tertiary/aromatic N) is 3. The maximum atomic E-state index is 4.82. The molecule has 0 aliphatic heterocycles. The first-order chi connectivity index (χ1) is 10.8. The van der Waals surface area contributed by atoms with Crippen LogP contribution in [0.15, 0.2) is 83.5 Å². The monoisotopic (exact) mass is 429 g/mol. The van der Waals surface area contributed by atoms with Gasteiger partial charge in [-0.1, -0.05) is 52.3 Å². The number of aromatic nitrogens is 3. The van der Waals surface area contributed by atoms with Gasteiger partial charge in [0.25, 0.3) is 5.69 Å². The molecule has 0 fully saturated rings. The van der Waals surface area contributed by atoms with E-state index in [1.807, 2.05) is 65.6 Å². The average Bonchev–Trinajstić information content (AvgIpc) is 2.96. The average molecular weight is 431 g/mol. The molecular formula is C18H13Br2N3. The van der Waals surface area contributed by atoms with Gasteiger partial charge in [-0.15, -0.1) is 4.52 Å². The molecule has 0 aliphatic rings. The zero-order valence-electron chi connectivity index (χ0n) is 12.1. The molecule has 3 nitrogen and oxygen atoms in total. The lowest BCUT2D eigenvalue weighted by Crippen LogP contribution is -3.00. The van der Waals surface area contributed by atoms with Gasteiger partial charge in [-0.2, -0.15) is 0 Å². The lowest BCUT2D eigenvalue weighted by atomic mass is 10.1. The van der Waals surface area contributed by atoms with E-state index < -0.39 is 0 Å². The number of rotatable bonds is 2. The van der Waals surface area contributed by atoms with Crippen LogP contribution in [-0.4, -0.2) is 9.90 Å². The minimum absolute atomic E-state index is 0. The number of pyridine rings is 1. The van der Waals surface area contributed by atoms with Crippen molar-refractivity contribution in [1.29, 1.82) is 0 Å². The summed E-state index contributed by atoms with van der Waals surface area (Å²) in [4.78, 5) is 1.92. The van der Waals surface area contributed by atoms with Crippen molar-refractivity contribution >= 4 is 21.4 Å². The SMILES string of the molecule is Brc1ccc(-n2nc(-c3ccccc3)c3cccc[n+]32)cc1.[Br-]. The Morgan fingerprint density at radius 1 is 0.826 bits per heavy atom. The van der Waals surface area contributed by atoms with Gasteiger partial charge in [0.15, 0.2) is 0 Å². The van der Waals surface area contributed by atoms with E-state index in [1.54, 1.807) is 0 Å².